The summed E-state index contributed by atoms with van der Waals surface area (Å²) < 4.78 is 0. The molecule has 0 unspecified atom stereocenters. The van der Waals surface area contributed by atoms with Crippen LogP contribution in [0.2, 0.25) is 0 Å². The maximum atomic E-state index is 10.9. The quantitative estimate of drug-likeness (QED) is 0.848. The summed E-state index contributed by atoms with van der Waals surface area (Å²) in [4.78, 5) is 14.9. The minimum Gasteiger partial charge on any atom is -0.545 e. The maximum absolute atomic E-state index is 10.9. The molecule has 0 fully saturated rings. The van der Waals surface area contributed by atoms with E-state index < -0.39 is 5.97 Å². The fourth-order valence-corrected chi connectivity index (χ4v) is 1.52. The number of pyridine rings is 1. The van der Waals surface area contributed by atoms with Gasteiger partial charge in [-0.1, -0.05) is 24.3 Å². The maximum Gasteiger partial charge on any atom is 0.0736 e. The van der Waals surface area contributed by atoms with Crippen molar-refractivity contribution in [3.63, 3.8) is 0 Å². The van der Waals surface area contributed by atoms with E-state index in [1.165, 1.54) is 6.07 Å². The molecule has 1 aromatic heterocycles. The third kappa shape index (κ3) is 2.81. The number of carbonyl (C=O) groups excluding carboxylic acids is 1. The fourth-order valence-electron chi connectivity index (χ4n) is 1.52. The van der Waals surface area contributed by atoms with Crippen LogP contribution in [0.4, 0.5) is 5.69 Å². The monoisotopic (exact) mass is 227 g/mol. The number of rotatable bonds is 4. The lowest BCUT2D eigenvalue weighted by atomic mass is 10.1. The summed E-state index contributed by atoms with van der Waals surface area (Å²) in [7, 11) is 0. The van der Waals surface area contributed by atoms with E-state index in [4.69, 9.17) is 0 Å². The molecule has 1 N–H and O–H groups in total. The topological polar surface area (TPSA) is 65.0 Å². The van der Waals surface area contributed by atoms with Gasteiger partial charge in [0.05, 0.1) is 5.97 Å². The zero-order valence-corrected chi connectivity index (χ0v) is 9.09. The first-order valence-electron chi connectivity index (χ1n) is 5.20. The Hall–Kier alpha value is -2.36. The lowest BCUT2D eigenvalue weighted by Gasteiger charge is -2.12. The summed E-state index contributed by atoms with van der Waals surface area (Å²) in [6.07, 6.45) is 3.42. The Bertz CT molecular complexity index is 512. The van der Waals surface area contributed by atoms with Crippen LogP contribution in [0, 0.1) is 0 Å². The van der Waals surface area contributed by atoms with Crippen molar-refractivity contribution in [2.45, 2.75) is 6.54 Å². The molecule has 1 heterocycles. The number of para-hydroxylation sites is 1. The molecule has 4 nitrogen and oxygen atoms in total. The van der Waals surface area contributed by atoms with Gasteiger partial charge in [0.25, 0.3) is 0 Å². The van der Waals surface area contributed by atoms with Gasteiger partial charge in [0, 0.05) is 30.2 Å². The largest absolute Gasteiger partial charge is 0.545 e. The first kappa shape index (κ1) is 11.1. The van der Waals surface area contributed by atoms with Crippen LogP contribution in [-0.2, 0) is 6.54 Å². The number of benzene rings is 1. The fraction of sp³-hybridized carbons (Fsp3) is 0.0769. The number of aromatic carboxylic acids is 1. The van der Waals surface area contributed by atoms with E-state index in [0.717, 1.165) is 5.56 Å². The highest BCUT2D eigenvalue weighted by Gasteiger charge is 2.01. The zero-order chi connectivity index (χ0) is 12.1. The normalized spacial score (nSPS) is 9.88. The molecule has 0 radical (unpaired) electrons. The third-order valence-electron chi connectivity index (χ3n) is 2.35. The summed E-state index contributed by atoms with van der Waals surface area (Å²) in [6, 6.07) is 10.4. The number of carboxylic acid groups (broad SMARTS) is 1. The van der Waals surface area contributed by atoms with Gasteiger partial charge in [0.2, 0.25) is 0 Å². The highest BCUT2D eigenvalue weighted by Crippen LogP contribution is 2.14. The minimum atomic E-state index is -1.18. The smallest absolute Gasteiger partial charge is 0.0736 e. The molecule has 0 saturated heterocycles. The average Bonchev–Trinajstić information content (AvgIpc) is 2.38. The minimum absolute atomic E-state index is 0.163. The van der Waals surface area contributed by atoms with Crippen LogP contribution in [0.5, 0.6) is 0 Å². The number of hydrogen-bond donors (Lipinski definition) is 1. The van der Waals surface area contributed by atoms with Crippen molar-refractivity contribution < 1.29 is 9.90 Å². The predicted molar refractivity (Wildman–Crippen MR) is 62.3 cm³/mol. The van der Waals surface area contributed by atoms with Gasteiger partial charge in [-0.2, -0.15) is 0 Å². The summed E-state index contributed by atoms with van der Waals surface area (Å²) >= 11 is 0. The first-order valence-corrected chi connectivity index (χ1v) is 5.20. The van der Waals surface area contributed by atoms with Gasteiger partial charge in [0.15, 0.2) is 0 Å². The standard InChI is InChI=1S/C13H12N2O2/c16-13(17)11-5-1-2-6-12(11)15-9-10-4-3-7-14-8-10/h1-8,15H,9H2,(H,16,17)/p-1. The molecule has 0 spiro atoms. The number of nitrogens with zero attached hydrogens (tertiary/aromatic N) is 1. The number of aromatic nitrogens is 1. The van der Waals surface area contributed by atoms with Crippen LogP contribution in [0.1, 0.15) is 15.9 Å². The van der Waals surface area contributed by atoms with Crippen molar-refractivity contribution in [3.05, 3.63) is 59.9 Å². The molecule has 17 heavy (non-hydrogen) atoms. The summed E-state index contributed by atoms with van der Waals surface area (Å²) in [5.74, 6) is -1.18. The molecule has 0 bridgehead atoms. The summed E-state index contributed by atoms with van der Waals surface area (Å²) in [5, 5.41) is 13.9. The molecule has 0 aliphatic carbocycles. The summed E-state index contributed by atoms with van der Waals surface area (Å²) in [5.41, 5.74) is 1.70. The molecular formula is C13H11N2O2-. The SMILES string of the molecule is O=C([O-])c1ccccc1NCc1cccnc1. The van der Waals surface area contributed by atoms with Gasteiger partial charge in [0.1, 0.15) is 0 Å². The van der Waals surface area contributed by atoms with Crippen molar-refractivity contribution in [2.75, 3.05) is 5.32 Å². The van der Waals surface area contributed by atoms with E-state index in [2.05, 4.69) is 10.3 Å². The van der Waals surface area contributed by atoms with E-state index in [0.29, 0.717) is 12.2 Å². The van der Waals surface area contributed by atoms with Crippen molar-refractivity contribution >= 4 is 11.7 Å². The first-order chi connectivity index (χ1) is 8.27. The van der Waals surface area contributed by atoms with E-state index >= 15 is 0 Å². The summed E-state index contributed by atoms with van der Waals surface area (Å²) in [6.45, 7) is 0.526. The van der Waals surface area contributed by atoms with Gasteiger partial charge in [-0.15, -0.1) is 0 Å². The van der Waals surface area contributed by atoms with Crippen molar-refractivity contribution in [1.82, 2.24) is 4.98 Å². The van der Waals surface area contributed by atoms with Crippen molar-refractivity contribution in [1.29, 1.82) is 0 Å². The van der Waals surface area contributed by atoms with E-state index in [1.54, 1.807) is 30.6 Å². The van der Waals surface area contributed by atoms with Crippen LogP contribution in [0.3, 0.4) is 0 Å². The lowest BCUT2D eigenvalue weighted by molar-refractivity contribution is -0.254. The highest BCUT2D eigenvalue weighted by molar-refractivity contribution is 5.92. The van der Waals surface area contributed by atoms with Gasteiger partial charge in [-0.3, -0.25) is 4.98 Å². The molecule has 1 aromatic carbocycles. The molecule has 0 amide bonds. The number of nitrogens with one attached hydrogen (secondary N) is 1. The molecule has 0 saturated carbocycles. The van der Waals surface area contributed by atoms with E-state index in [1.807, 2.05) is 12.1 Å². The van der Waals surface area contributed by atoms with Gasteiger partial charge >= 0.3 is 0 Å². The molecule has 86 valence electrons. The Morgan fingerprint density at radius 2 is 2.06 bits per heavy atom. The highest BCUT2D eigenvalue weighted by atomic mass is 16.4. The molecule has 0 atom stereocenters. The Kier molecular flexibility index (Phi) is 3.35. The second kappa shape index (κ2) is 5.12. The Morgan fingerprint density at radius 3 is 2.76 bits per heavy atom. The molecule has 0 aliphatic heterocycles. The van der Waals surface area contributed by atoms with Gasteiger partial charge in [-0.05, 0) is 17.7 Å². The molecule has 0 aliphatic rings. The molecule has 2 rings (SSSR count). The van der Waals surface area contributed by atoms with Crippen molar-refractivity contribution in [3.8, 4) is 0 Å². The Morgan fingerprint density at radius 1 is 1.24 bits per heavy atom. The zero-order valence-electron chi connectivity index (χ0n) is 9.09. The third-order valence-corrected chi connectivity index (χ3v) is 2.35. The number of hydrogen-bond acceptors (Lipinski definition) is 4. The van der Waals surface area contributed by atoms with Crippen LogP contribution in [0.25, 0.3) is 0 Å². The van der Waals surface area contributed by atoms with E-state index in [9.17, 15) is 9.90 Å². The molecular weight excluding hydrogens is 216 g/mol. The van der Waals surface area contributed by atoms with Crippen LogP contribution in [-0.4, -0.2) is 11.0 Å². The second-order valence-electron chi connectivity index (χ2n) is 3.55. The van der Waals surface area contributed by atoms with Gasteiger partial charge in [-0.25, -0.2) is 0 Å². The second-order valence-corrected chi connectivity index (χ2v) is 3.55. The van der Waals surface area contributed by atoms with E-state index in [-0.39, 0.29) is 5.56 Å². The number of anilines is 1. The molecule has 4 heteroatoms. The Balaban J connectivity index is 2.12. The van der Waals surface area contributed by atoms with Crippen molar-refractivity contribution in [2.24, 2.45) is 0 Å². The van der Waals surface area contributed by atoms with Crippen LogP contribution >= 0.6 is 0 Å². The predicted octanol–water partition coefficient (Wildman–Crippen LogP) is 1.06. The van der Waals surface area contributed by atoms with Crippen LogP contribution in [0.15, 0.2) is 48.8 Å². The Labute approximate surface area is 98.9 Å². The number of carbonyl (C=O) groups is 1. The van der Waals surface area contributed by atoms with Crippen LogP contribution < -0.4 is 10.4 Å². The number of carboxylic acids is 1. The van der Waals surface area contributed by atoms with Gasteiger partial charge < -0.3 is 15.2 Å². The average molecular weight is 227 g/mol. The lowest BCUT2D eigenvalue weighted by Crippen LogP contribution is -2.23. The molecule has 2 aromatic rings.